The minimum Gasteiger partial charge on any atom is -0.453 e. The number of hydrogen-bond acceptors (Lipinski definition) is 4. The minimum atomic E-state index is -0.283. The van der Waals surface area contributed by atoms with E-state index in [4.69, 9.17) is 9.52 Å². The van der Waals surface area contributed by atoms with Gasteiger partial charge in [0.05, 0.1) is 12.4 Å². The number of imidazole rings is 1. The summed E-state index contributed by atoms with van der Waals surface area (Å²) in [5, 5.41) is 12.0. The Labute approximate surface area is 123 Å². The van der Waals surface area contributed by atoms with Crippen LogP contribution in [-0.4, -0.2) is 26.6 Å². The molecule has 0 saturated carbocycles. The van der Waals surface area contributed by atoms with E-state index in [0.29, 0.717) is 12.3 Å². The van der Waals surface area contributed by atoms with Crippen LogP contribution in [-0.2, 0) is 13.2 Å². The lowest BCUT2D eigenvalue weighted by Crippen LogP contribution is -2.46. The molecule has 1 amide bonds. The largest absolute Gasteiger partial charge is 0.453 e. The number of rotatable bonds is 5. The van der Waals surface area contributed by atoms with Gasteiger partial charge in [-0.25, -0.2) is 4.98 Å². The molecule has 114 valence electrons. The second-order valence-corrected chi connectivity index (χ2v) is 6.08. The molecule has 0 bridgehead atoms. The Balaban J connectivity index is 2.09. The standard InChI is InChI=1S/C15H21N3O3/c1-15(2,3)13(8-18-7-6-16-10-18)17-14(20)12-5-4-11(9-19)21-12/h4-7,10,13,19H,8-9H2,1-3H3,(H,17,20). The monoisotopic (exact) mass is 291 g/mol. The molecule has 0 saturated heterocycles. The van der Waals surface area contributed by atoms with Crippen molar-refractivity contribution in [2.45, 2.75) is 40.0 Å². The van der Waals surface area contributed by atoms with E-state index in [1.54, 1.807) is 24.7 Å². The maximum Gasteiger partial charge on any atom is 0.287 e. The van der Waals surface area contributed by atoms with Gasteiger partial charge in [-0.2, -0.15) is 0 Å². The van der Waals surface area contributed by atoms with Crippen LogP contribution in [0.5, 0.6) is 0 Å². The zero-order chi connectivity index (χ0) is 15.5. The Kier molecular flexibility index (Phi) is 4.47. The third-order valence-corrected chi connectivity index (χ3v) is 3.34. The summed E-state index contributed by atoms with van der Waals surface area (Å²) in [7, 11) is 0. The molecule has 2 aromatic rings. The molecule has 0 fully saturated rings. The van der Waals surface area contributed by atoms with E-state index in [-0.39, 0.29) is 29.7 Å². The third kappa shape index (κ3) is 3.95. The molecule has 6 nitrogen and oxygen atoms in total. The molecule has 0 aliphatic carbocycles. The van der Waals surface area contributed by atoms with Crippen molar-refractivity contribution < 1.29 is 14.3 Å². The minimum absolute atomic E-state index is 0.0816. The summed E-state index contributed by atoms with van der Waals surface area (Å²) in [6.45, 7) is 6.61. The molecule has 0 aliphatic rings. The summed E-state index contributed by atoms with van der Waals surface area (Å²) >= 11 is 0. The summed E-state index contributed by atoms with van der Waals surface area (Å²) < 4.78 is 7.19. The second-order valence-electron chi connectivity index (χ2n) is 6.08. The van der Waals surface area contributed by atoms with Gasteiger partial charge in [0.15, 0.2) is 5.76 Å². The smallest absolute Gasteiger partial charge is 0.287 e. The molecule has 2 heterocycles. The van der Waals surface area contributed by atoms with Gasteiger partial charge >= 0.3 is 0 Å². The highest BCUT2D eigenvalue weighted by molar-refractivity contribution is 5.91. The van der Waals surface area contributed by atoms with Gasteiger partial charge in [-0.05, 0) is 17.5 Å². The van der Waals surface area contributed by atoms with Crippen LogP contribution in [0.1, 0.15) is 37.1 Å². The number of carbonyl (C=O) groups is 1. The maximum absolute atomic E-state index is 12.2. The van der Waals surface area contributed by atoms with Crippen molar-refractivity contribution in [3.05, 3.63) is 42.4 Å². The Hall–Kier alpha value is -2.08. The number of aliphatic hydroxyl groups excluding tert-OH is 1. The van der Waals surface area contributed by atoms with Gasteiger partial charge in [-0.1, -0.05) is 20.8 Å². The first-order valence-corrected chi connectivity index (χ1v) is 6.86. The van der Waals surface area contributed by atoms with E-state index in [9.17, 15) is 4.79 Å². The number of nitrogens with zero attached hydrogens (tertiary/aromatic N) is 2. The molecule has 0 spiro atoms. The number of hydrogen-bond donors (Lipinski definition) is 2. The van der Waals surface area contributed by atoms with E-state index >= 15 is 0 Å². The third-order valence-electron chi connectivity index (χ3n) is 3.34. The van der Waals surface area contributed by atoms with Crippen LogP contribution in [0, 0.1) is 5.41 Å². The first-order chi connectivity index (χ1) is 9.90. The highest BCUT2D eigenvalue weighted by atomic mass is 16.4. The number of aromatic nitrogens is 2. The van der Waals surface area contributed by atoms with Gasteiger partial charge in [-0.3, -0.25) is 4.79 Å². The SMILES string of the molecule is CC(C)(C)C(Cn1ccnc1)NC(=O)c1ccc(CO)o1. The number of nitrogens with one attached hydrogen (secondary N) is 1. The maximum atomic E-state index is 12.2. The zero-order valence-corrected chi connectivity index (χ0v) is 12.5. The fourth-order valence-corrected chi connectivity index (χ4v) is 1.96. The van der Waals surface area contributed by atoms with Crippen molar-refractivity contribution >= 4 is 5.91 Å². The van der Waals surface area contributed by atoms with E-state index in [0.717, 1.165) is 0 Å². The summed E-state index contributed by atoms with van der Waals surface area (Å²) in [4.78, 5) is 16.3. The molecule has 2 aromatic heterocycles. The van der Waals surface area contributed by atoms with Crippen LogP contribution < -0.4 is 5.32 Å². The molecule has 1 atom stereocenters. The van der Waals surface area contributed by atoms with Crippen molar-refractivity contribution in [3.63, 3.8) is 0 Å². The van der Waals surface area contributed by atoms with Crippen molar-refractivity contribution in [2.75, 3.05) is 0 Å². The van der Waals surface area contributed by atoms with Gasteiger partial charge < -0.3 is 19.4 Å². The Bertz CT molecular complexity index is 582. The molecule has 1 unspecified atom stereocenters. The van der Waals surface area contributed by atoms with Crippen molar-refractivity contribution in [3.8, 4) is 0 Å². The molecule has 6 heteroatoms. The first-order valence-electron chi connectivity index (χ1n) is 6.86. The topological polar surface area (TPSA) is 80.3 Å². The zero-order valence-electron chi connectivity index (χ0n) is 12.5. The van der Waals surface area contributed by atoms with E-state index in [2.05, 4.69) is 31.1 Å². The Morgan fingerprint density at radius 1 is 1.48 bits per heavy atom. The van der Waals surface area contributed by atoms with E-state index < -0.39 is 0 Å². The second kappa shape index (κ2) is 6.13. The molecule has 2 rings (SSSR count). The van der Waals surface area contributed by atoms with Crippen LogP contribution in [0.25, 0.3) is 0 Å². The van der Waals surface area contributed by atoms with Crippen LogP contribution in [0.4, 0.5) is 0 Å². The average Bonchev–Trinajstić information content (AvgIpc) is 3.07. The van der Waals surface area contributed by atoms with Crippen molar-refractivity contribution in [2.24, 2.45) is 5.41 Å². The van der Waals surface area contributed by atoms with Gasteiger partial charge in [0, 0.05) is 18.9 Å². The molecule has 21 heavy (non-hydrogen) atoms. The summed E-state index contributed by atoms with van der Waals surface area (Å²) in [6.07, 6.45) is 5.30. The molecular formula is C15H21N3O3. The van der Waals surface area contributed by atoms with Gasteiger partial charge in [0.2, 0.25) is 0 Å². The van der Waals surface area contributed by atoms with Crippen LogP contribution in [0.3, 0.4) is 0 Å². The average molecular weight is 291 g/mol. The lowest BCUT2D eigenvalue weighted by Gasteiger charge is -2.31. The summed E-state index contributed by atoms with van der Waals surface area (Å²) in [6, 6.07) is 3.08. The van der Waals surface area contributed by atoms with Crippen LogP contribution in [0.2, 0.25) is 0 Å². The van der Waals surface area contributed by atoms with Crippen molar-refractivity contribution in [1.29, 1.82) is 0 Å². The first kappa shape index (κ1) is 15.3. The van der Waals surface area contributed by atoms with Crippen molar-refractivity contribution in [1.82, 2.24) is 14.9 Å². The lowest BCUT2D eigenvalue weighted by atomic mass is 9.86. The Morgan fingerprint density at radius 3 is 2.76 bits per heavy atom. The van der Waals surface area contributed by atoms with E-state index in [1.807, 2.05) is 10.8 Å². The quantitative estimate of drug-likeness (QED) is 0.880. The highest BCUT2D eigenvalue weighted by Gasteiger charge is 2.27. The van der Waals surface area contributed by atoms with Crippen LogP contribution in [0.15, 0.2) is 35.3 Å². The number of amides is 1. The summed E-state index contributed by atoms with van der Waals surface area (Å²) in [5.41, 5.74) is -0.119. The Morgan fingerprint density at radius 2 is 2.24 bits per heavy atom. The van der Waals surface area contributed by atoms with E-state index in [1.165, 1.54) is 0 Å². The molecule has 0 radical (unpaired) electrons. The van der Waals surface area contributed by atoms with Gasteiger partial charge in [0.25, 0.3) is 5.91 Å². The van der Waals surface area contributed by atoms with Gasteiger partial charge in [-0.15, -0.1) is 0 Å². The predicted octanol–water partition coefficient (Wildman–Crippen LogP) is 1.81. The molecule has 0 aromatic carbocycles. The molecule has 2 N–H and O–H groups in total. The highest BCUT2D eigenvalue weighted by Crippen LogP contribution is 2.21. The summed E-state index contributed by atoms with van der Waals surface area (Å²) in [5.74, 6) is 0.302. The normalized spacial score (nSPS) is 13.1. The molecular weight excluding hydrogens is 270 g/mol. The number of furan rings is 1. The number of aliphatic hydroxyl groups is 1. The van der Waals surface area contributed by atoms with Crippen LogP contribution >= 0.6 is 0 Å². The fraction of sp³-hybridized carbons (Fsp3) is 0.467. The lowest BCUT2D eigenvalue weighted by molar-refractivity contribution is 0.0859. The molecule has 0 aliphatic heterocycles. The van der Waals surface area contributed by atoms with Gasteiger partial charge in [0.1, 0.15) is 12.4 Å². The fourth-order valence-electron chi connectivity index (χ4n) is 1.96. The predicted molar refractivity (Wildman–Crippen MR) is 77.6 cm³/mol. The number of carbonyl (C=O) groups excluding carboxylic acids is 1.